The van der Waals surface area contributed by atoms with Gasteiger partial charge in [-0.1, -0.05) is 6.42 Å². The smallest absolute Gasteiger partial charge is 0.0791 e. The minimum absolute atomic E-state index is 0.0856. The van der Waals surface area contributed by atoms with Crippen LogP contribution >= 0.6 is 0 Å². The topological polar surface area (TPSA) is 38.7 Å². The van der Waals surface area contributed by atoms with Crippen molar-refractivity contribution in [1.82, 2.24) is 15.1 Å². The molecule has 2 N–H and O–H groups in total. The van der Waals surface area contributed by atoms with Crippen molar-refractivity contribution in [1.29, 1.82) is 0 Å². The maximum atomic E-state index is 10.2. The largest absolute Gasteiger partial charge is 0.390 e. The van der Waals surface area contributed by atoms with Gasteiger partial charge < -0.3 is 20.2 Å². The summed E-state index contributed by atoms with van der Waals surface area (Å²) < 4.78 is 0. The number of hydrogen-bond donors (Lipinski definition) is 2. The Balaban J connectivity index is 1.64. The molecule has 0 aromatic carbocycles. The number of nitrogens with one attached hydrogen (secondary N) is 1. The Labute approximate surface area is 130 Å². The number of likely N-dealkylation sites (tertiary alicyclic amines) is 2. The summed E-state index contributed by atoms with van der Waals surface area (Å²) in [6.45, 7) is 12.8. The molecule has 2 aliphatic heterocycles. The van der Waals surface area contributed by atoms with Crippen molar-refractivity contribution in [2.45, 2.75) is 70.6 Å². The molecule has 4 nitrogen and oxygen atoms in total. The molecule has 2 aliphatic rings. The molecule has 0 saturated carbocycles. The first-order chi connectivity index (χ1) is 9.94. The maximum Gasteiger partial charge on any atom is 0.0791 e. The molecule has 0 amide bonds. The third kappa shape index (κ3) is 6.23. The zero-order valence-corrected chi connectivity index (χ0v) is 14.3. The van der Waals surface area contributed by atoms with Gasteiger partial charge in [0.05, 0.1) is 6.10 Å². The summed E-state index contributed by atoms with van der Waals surface area (Å²) in [5.74, 6) is 0. The molecule has 1 atom stereocenters. The van der Waals surface area contributed by atoms with E-state index in [1.54, 1.807) is 0 Å². The highest BCUT2D eigenvalue weighted by Crippen LogP contribution is 2.20. The molecule has 0 aromatic heterocycles. The lowest BCUT2D eigenvalue weighted by molar-refractivity contribution is 0.0582. The van der Waals surface area contributed by atoms with Gasteiger partial charge in [-0.3, -0.25) is 0 Å². The van der Waals surface area contributed by atoms with Gasteiger partial charge in [-0.2, -0.15) is 0 Å². The van der Waals surface area contributed by atoms with Crippen LogP contribution in [0.25, 0.3) is 0 Å². The van der Waals surface area contributed by atoms with E-state index in [4.69, 9.17) is 0 Å². The van der Waals surface area contributed by atoms with Crippen LogP contribution in [0.4, 0.5) is 0 Å². The fraction of sp³-hybridized carbons (Fsp3) is 1.00. The second kappa shape index (κ2) is 7.91. The van der Waals surface area contributed by atoms with E-state index in [0.29, 0.717) is 6.54 Å². The average molecular weight is 297 g/mol. The molecular formula is C17H35N3O. The summed E-state index contributed by atoms with van der Waals surface area (Å²) >= 11 is 0. The Kier molecular flexibility index (Phi) is 6.48. The Morgan fingerprint density at radius 3 is 2.24 bits per heavy atom. The van der Waals surface area contributed by atoms with Gasteiger partial charge in [0.2, 0.25) is 0 Å². The van der Waals surface area contributed by atoms with Crippen LogP contribution in [-0.4, -0.2) is 71.9 Å². The van der Waals surface area contributed by atoms with Gasteiger partial charge in [-0.15, -0.1) is 0 Å². The summed E-state index contributed by atoms with van der Waals surface area (Å²) in [5, 5.41) is 13.6. The van der Waals surface area contributed by atoms with E-state index in [0.717, 1.165) is 25.7 Å². The first-order valence-corrected chi connectivity index (χ1v) is 8.83. The Morgan fingerprint density at radius 1 is 1.05 bits per heavy atom. The highest BCUT2D eigenvalue weighted by molar-refractivity contribution is 4.83. The molecule has 21 heavy (non-hydrogen) atoms. The lowest BCUT2D eigenvalue weighted by Crippen LogP contribution is -2.50. The van der Waals surface area contributed by atoms with Crippen LogP contribution in [0.3, 0.4) is 0 Å². The fourth-order valence-electron chi connectivity index (χ4n) is 3.54. The molecule has 0 aromatic rings. The minimum atomic E-state index is -0.254. The number of rotatable bonds is 5. The van der Waals surface area contributed by atoms with Crippen LogP contribution < -0.4 is 5.32 Å². The average Bonchev–Trinajstić information content (AvgIpc) is 2.46. The summed E-state index contributed by atoms with van der Waals surface area (Å²) in [7, 11) is 0. The highest BCUT2D eigenvalue weighted by atomic mass is 16.3. The van der Waals surface area contributed by atoms with Gasteiger partial charge in [0.1, 0.15) is 0 Å². The molecule has 0 radical (unpaired) electrons. The standard InChI is InChI=1S/C17H35N3O/c1-17(2,3)18-13-16(21)14-19-11-7-15(8-12-19)20-9-5-4-6-10-20/h15-16,18,21H,4-14H2,1-3H3. The fourth-order valence-corrected chi connectivity index (χ4v) is 3.54. The van der Waals surface area contributed by atoms with Crippen LogP contribution in [0.5, 0.6) is 0 Å². The molecule has 0 bridgehead atoms. The third-order valence-corrected chi connectivity index (χ3v) is 4.80. The van der Waals surface area contributed by atoms with E-state index >= 15 is 0 Å². The second-order valence-corrected chi connectivity index (χ2v) is 7.91. The molecule has 124 valence electrons. The van der Waals surface area contributed by atoms with Crippen molar-refractivity contribution in [2.75, 3.05) is 39.3 Å². The summed E-state index contributed by atoms with van der Waals surface area (Å²) in [4.78, 5) is 5.15. The van der Waals surface area contributed by atoms with Crippen molar-refractivity contribution >= 4 is 0 Å². The van der Waals surface area contributed by atoms with Crippen molar-refractivity contribution in [3.63, 3.8) is 0 Å². The van der Waals surface area contributed by atoms with Crippen LogP contribution in [-0.2, 0) is 0 Å². The molecule has 2 heterocycles. The monoisotopic (exact) mass is 297 g/mol. The number of piperidine rings is 2. The number of aliphatic hydroxyl groups is 1. The number of nitrogens with zero attached hydrogens (tertiary/aromatic N) is 2. The zero-order valence-electron chi connectivity index (χ0n) is 14.3. The number of hydrogen-bond acceptors (Lipinski definition) is 4. The van der Waals surface area contributed by atoms with E-state index in [9.17, 15) is 5.11 Å². The van der Waals surface area contributed by atoms with Gasteiger partial charge in [-0.05, 0) is 72.6 Å². The van der Waals surface area contributed by atoms with E-state index in [1.807, 2.05) is 0 Å². The van der Waals surface area contributed by atoms with Crippen LogP contribution in [0.15, 0.2) is 0 Å². The third-order valence-electron chi connectivity index (χ3n) is 4.80. The second-order valence-electron chi connectivity index (χ2n) is 7.91. The Bertz CT molecular complexity index is 289. The lowest BCUT2D eigenvalue weighted by atomic mass is 9.99. The first-order valence-electron chi connectivity index (χ1n) is 8.83. The summed E-state index contributed by atoms with van der Waals surface area (Å²) in [6.07, 6.45) is 6.49. The van der Waals surface area contributed by atoms with Gasteiger partial charge in [0.15, 0.2) is 0 Å². The van der Waals surface area contributed by atoms with Gasteiger partial charge in [0, 0.05) is 24.7 Å². The van der Waals surface area contributed by atoms with E-state index in [2.05, 4.69) is 35.9 Å². The molecule has 2 fully saturated rings. The van der Waals surface area contributed by atoms with Crippen molar-refractivity contribution in [2.24, 2.45) is 0 Å². The van der Waals surface area contributed by atoms with Crippen LogP contribution in [0.2, 0.25) is 0 Å². The minimum Gasteiger partial charge on any atom is -0.390 e. The van der Waals surface area contributed by atoms with E-state index < -0.39 is 0 Å². The van der Waals surface area contributed by atoms with Gasteiger partial charge >= 0.3 is 0 Å². The van der Waals surface area contributed by atoms with Crippen molar-refractivity contribution < 1.29 is 5.11 Å². The molecule has 2 rings (SSSR count). The quantitative estimate of drug-likeness (QED) is 0.810. The van der Waals surface area contributed by atoms with Crippen molar-refractivity contribution in [3.05, 3.63) is 0 Å². The molecule has 2 saturated heterocycles. The van der Waals surface area contributed by atoms with Crippen molar-refractivity contribution in [3.8, 4) is 0 Å². The Hall–Kier alpha value is -0.160. The van der Waals surface area contributed by atoms with Crippen LogP contribution in [0.1, 0.15) is 52.9 Å². The number of aliphatic hydroxyl groups excluding tert-OH is 1. The molecule has 4 heteroatoms. The first kappa shape index (κ1) is 17.2. The normalized spacial score (nSPS) is 25.1. The van der Waals surface area contributed by atoms with E-state index in [1.165, 1.54) is 45.2 Å². The predicted molar refractivity (Wildman–Crippen MR) is 88.6 cm³/mol. The number of β-amino-alcohol motifs (C(OH)–C–C–N with tert-alkyl or cyclic N) is 1. The van der Waals surface area contributed by atoms with Gasteiger partial charge in [0.25, 0.3) is 0 Å². The van der Waals surface area contributed by atoms with E-state index in [-0.39, 0.29) is 11.6 Å². The van der Waals surface area contributed by atoms with Gasteiger partial charge in [-0.25, -0.2) is 0 Å². The predicted octanol–water partition coefficient (Wildman–Crippen LogP) is 1.69. The molecular weight excluding hydrogens is 262 g/mol. The maximum absolute atomic E-state index is 10.2. The summed E-state index contributed by atoms with van der Waals surface area (Å²) in [5.41, 5.74) is 0.0856. The molecule has 0 aliphatic carbocycles. The Morgan fingerprint density at radius 2 is 1.67 bits per heavy atom. The highest BCUT2D eigenvalue weighted by Gasteiger charge is 2.26. The molecule has 0 spiro atoms. The zero-order chi connectivity index (χ0) is 15.3. The van der Waals surface area contributed by atoms with Crippen LogP contribution in [0, 0.1) is 0 Å². The lowest BCUT2D eigenvalue weighted by Gasteiger charge is -2.40. The molecule has 1 unspecified atom stereocenters. The SMILES string of the molecule is CC(C)(C)NCC(O)CN1CCC(N2CCCCC2)CC1. The summed E-state index contributed by atoms with van der Waals surface area (Å²) in [6, 6.07) is 0.798.